The summed E-state index contributed by atoms with van der Waals surface area (Å²) in [6, 6.07) is 14.6. The summed E-state index contributed by atoms with van der Waals surface area (Å²) < 4.78 is 6.07. The van der Waals surface area contributed by atoms with Crippen molar-refractivity contribution in [1.82, 2.24) is 5.32 Å². The molecule has 0 fully saturated rings. The van der Waals surface area contributed by atoms with Crippen LogP contribution in [0.1, 0.15) is 17.9 Å². The van der Waals surface area contributed by atoms with Gasteiger partial charge in [0.05, 0.1) is 34.6 Å². The van der Waals surface area contributed by atoms with Crippen molar-refractivity contribution in [3.05, 3.63) is 68.1 Å². The second-order valence-electron chi connectivity index (χ2n) is 6.40. The van der Waals surface area contributed by atoms with Gasteiger partial charge >= 0.3 is 0 Å². The summed E-state index contributed by atoms with van der Waals surface area (Å²) in [6.45, 7) is 0. The summed E-state index contributed by atoms with van der Waals surface area (Å²) in [4.78, 5) is 24.6. The van der Waals surface area contributed by atoms with E-state index in [0.717, 1.165) is 21.8 Å². The number of hydrogen-bond donors (Lipinski definition) is 2. The van der Waals surface area contributed by atoms with Gasteiger partial charge in [0.2, 0.25) is 11.8 Å². The normalized spacial score (nSPS) is 15.9. The third kappa shape index (κ3) is 5.36. The molecule has 0 aromatic heterocycles. The number of allylic oxidation sites excluding steroid dienone is 1. The number of benzene rings is 2. The summed E-state index contributed by atoms with van der Waals surface area (Å²) in [7, 11) is 1.52. The van der Waals surface area contributed by atoms with Crippen LogP contribution in [0, 0.1) is 11.3 Å². The van der Waals surface area contributed by atoms with Crippen molar-refractivity contribution in [2.75, 3.05) is 18.2 Å². The predicted molar refractivity (Wildman–Crippen MR) is 121 cm³/mol. The predicted octanol–water partition coefficient (Wildman–Crippen LogP) is 4.82. The molecule has 3 rings (SSSR count). The fourth-order valence-corrected chi connectivity index (χ4v) is 4.39. The number of methoxy groups -OCH3 is 1. The Morgan fingerprint density at radius 2 is 2.10 bits per heavy atom. The van der Waals surface area contributed by atoms with Crippen LogP contribution in [0.25, 0.3) is 0 Å². The molecule has 0 bridgehead atoms. The molecule has 1 heterocycles. The van der Waals surface area contributed by atoms with Crippen molar-refractivity contribution >= 4 is 56.8 Å². The van der Waals surface area contributed by atoms with Gasteiger partial charge in [-0.25, -0.2) is 0 Å². The number of amides is 2. The van der Waals surface area contributed by atoms with Gasteiger partial charge in [-0.1, -0.05) is 45.4 Å². The van der Waals surface area contributed by atoms with Crippen LogP contribution in [-0.2, 0) is 9.59 Å². The van der Waals surface area contributed by atoms with Gasteiger partial charge in [0.1, 0.15) is 5.75 Å². The molecule has 1 aliphatic rings. The maximum absolute atomic E-state index is 12.3. The van der Waals surface area contributed by atoms with Gasteiger partial charge in [-0.3, -0.25) is 9.59 Å². The average Bonchev–Trinajstić information content (AvgIpc) is 2.73. The molecule has 0 saturated heterocycles. The molecule has 2 aromatic carbocycles. The molecule has 6 nitrogen and oxygen atoms in total. The molecular formula is C21H17BrClN3O3S. The topological polar surface area (TPSA) is 91.2 Å². The number of halogens is 2. The molecule has 0 spiro atoms. The zero-order valence-electron chi connectivity index (χ0n) is 15.9. The van der Waals surface area contributed by atoms with E-state index < -0.39 is 5.92 Å². The molecule has 1 atom stereocenters. The minimum atomic E-state index is -0.441. The van der Waals surface area contributed by atoms with Crippen LogP contribution in [0.2, 0.25) is 5.02 Å². The Morgan fingerprint density at radius 3 is 2.73 bits per heavy atom. The first-order valence-electron chi connectivity index (χ1n) is 8.87. The number of ether oxygens (including phenoxy) is 1. The Bertz CT molecular complexity index is 1050. The molecule has 0 radical (unpaired) electrons. The van der Waals surface area contributed by atoms with Crippen molar-refractivity contribution in [3.63, 3.8) is 0 Å². The Hall–Kier alpha value is -2.47. The van der Waals surface area contributed by atoms with Gasteiger partial charge in [-0.05, 0) is 42.0 Å². The first kappa shape index (κ1) is 22.2. The fraction of sp³-hybridized carbons (Fsp3) is 0.190. The number of nitrogens with zero attached hydrogens (tertiary/aromatic N) is 1. The third-order valence-electron chi connectivity index (χ3n) is 4.41. The summed E-state index contributed by atoms with van der Waals surface area (Å²) in [6.07, 6.45) is 0.126. The van der Waals surface area contributed by atoms with Crippen molar-refractivity contribution in [3.8, 4) is 11.8 Å². The smallest absolute Gasteiger partial charge is 0.234 e. The second kappa shape index (κ2) is 10.0. The lowest BCUT2D eigenvalue weighted by Crippen LogP contribution is -2.31. The van der Waals surface area contributed by atoms with Gasteiger partial charge in [0.25, 0.3) is 0 Å². The summed E-state index contributed by atoms with van der Waals surface area (Å²) >= 11 is 10.7. The molecule has 0 unspecified atom stereocenters. The molecule has 2 amide bonds. The number of anilines is 1. The van der Waals surface area contributed by atoms with Gasteiger partial charge in [0, 0.05) is 22.5 Å². The monoisotopic (exact) mass is 505 g/mol. The SMILES string of the molecule is COc1ccc([C@H]2CC(=O)NC(SCC(=O)Nc3ccc(Br)cc3)=C2C#N)cc1Cl. The Kier molecular flexibility index (Phi) is 7.43. The van der Waals surface area contributed by atoms with Gasteiger partial charge in [-0.15, -0.1) is 0 Å². The molecule has 0 aliphatic carbocycles. The summed E-state index contributed by atoms with van der Waals surface area (Å²) in [5, 5.41) is 16.0. The van der Waals surface area contributed by atoms with Crippen LogP contribution in [-0.4, -0.2) is 24.7 Å². The minimum absolute atomic E-state index is 0.0486. The molecule has 2 aromatic rings. The zero-order valence-corrected chi connectivity index (χ0v) is 19.0. The van der Waals surface area contributed by atoms with Crippen LogP contribution < -0.4 is 15.4 Å². The Balaban J connectivity index is 1.77. The lowest BCUT2D eigenvalue weighted by molar-refractivity contribution is -0.121. The highest BCUT2D eigenvalue weighted by molar-refractivity contribution is 9.10. The van der Waals surface area contributed by atoms with E-state index in [1.54, 1.807) is 30.3 Å². The zero-order chi connectivity index (χ0) is 21.7. The number of rotatable bonds is 6. The second-order valence-corrected chi connectivity index (χ2v) is 8.71. The number of carbonyl (C=O) groups is 2. The van der Waals surface area contributed by atoms with Crippen molar-refractivity contribution in [2.24, 2.45) is 0 Å². The van der Waals surface area contributed by atoms with E-state index in [2.05, 4.69) is 32.6 Å². The number of nitriles is 1. The first-order chi connectivity index (χ1) is 14.4. The van der Waals surface area contributed by atoms with E-state index in [1.165, 1.54) is 7.11 Å². The first-order valence-corrected chi connectivity index (χ1v) is 11.0. The van der Waals surface area contributed by atoms with E-state index in [1.807, 2.05) is 12.1 Å². The molecule has 2 N–H and O–H groups in total. The van der Waals surface area contributed by atoms with E-state index in [0.29, 0.717) is 27.1 Å². The van der Waals surface area contributed by atoms with Crippen molar-refractivity contribution in [2.45, 2.75) is 12.3 Å². The third-order valence-corrected chi connectivity index (χ3v) is 6.25. The molecular weight excluding hydrogens is 490 g/mol. The fourth-order valence-electron chi connectivity index (χ4n) is 2.99. The Morgan fingerprint density at radius 1 is 1.37 bits per heavy atom. The highest BCUT2D eigenvalue weighted by Crippen LogP contribution is 2.38. The van der Waals surface area contributed by atoms with Crippen LogP contribution in [0.3, 0.4) is 0 Å². The van der Waals surface area contributed by atoms with Crippen LogP contribution in [0.5, 0.6) is 5.75 Å². The van der Waals surface area contributed by atoms with Gasteiger partial charge in [0.15, 0.2) is 0 Å². The number of thioether (sulfide) groups is 1. The summed E-state index contributed by atoms with van der Waals surface area (Å²) in [5.74, 6) is -0.336. The number of hydrogen-bond acceptors (Lipinski definition) is 5. The van der Waals surface area contributed by atoms with E-state index in [4.69, 9.17) is 16.3 Å². The maximum atomic E-state index is 12.3. The number of carbonyl (C=O) groups excluding carboxylic acids is 2. The largest absolute Gasteiger partial charge is 0.495 e. The quantitative estimate of drug-likeness (QED) is 0.586. The Labute approximate surface area is 191 Å². The van der Waals surface area contributed by atoms with E-state index >= 15 is 0 Å². The van der Waals surface area contributed by atoms with Gasteiger partial charge < -0.3 is 15.4 Å². The molecule has 0 saturated carbocycles. The minimum Gasteiger partial charge on any atom is -0.495 e. The average molecular weight is 507 g/mol. The lowest BCUT2D eigenvalue weighted by atomic mass is 9.87. The molecule has 9 heteroatoms. The van der Waals surface area contributed by atoms with Crippen LogP contribution in [0.15, 0.2) is 57.5 Å². The van der Waals surface area contributed by atoms with Crippen molar-refractivity contribution < 1.29 is 14.3 Å². The molecule has 154 valence electrons. The summed E-state index contributed by atoms with van der Waals surface area (Å²) in [5.41, 5.74) is 1.80. The lowest BCUT2D eigenvalue weighted by Gasteiger charge is -2.25. The van der Waals surface area contributed by atoms with Crippen molar-refractivity contribution in [1.29, 1.82) is 5.26 Å². The standard InChI is InChI=1S/C21H17BrClN3O3S/c1-29-18-7-2-12(8-17(18)23)15-9-19(27)26-21(16(15)10-24)30-11-20(28)25-14-5-3-13(22)4-6-14/h2-8,15H,9,11H2,1H3,(H,25,28)(H,26,27)/t15-/m1/s1. The highest BCUT2D eigenvalue weighted by atomic mass is 79.9. The molecule has 30 heavy (non-hydrogen) atoms. The van der Waals surface area contributed by atoms with Gasteiger partial charge in [-0.2, -0.15) is 5.26 Å². The van der Waals surface area contributed by atoms with Crippen LogP contribution >= 0.6 is 39.3 Å². The van der Waals surface area contributed by atoms with E-state index in [-0.39, 0.29) is 24.0 Å². The number of nitrogens with one attached hydrogen (secondary N) is 2. The van der Waals surface area contributed by atoms with E-state index in [9.17, 15) is 14.9 Å². The maximum Gasteiger partial charge on any atom is 0.234 e. The molecule has 1 aliphatic heterocycles. The highest BCUT2D eigenvalue weighted by Gasteiger charge is 2.30. The van der Waals surface area contributed by atoms with Crippen LogP contribution in [0.4, 0.5) is 5.69 Å².